The highest BCUT2D eigenvalue weighted by Crippen LogP contribution is 2.46. The normalized spacial score (nSPS) is 22.5. The number of carbonyl (C=O) groups excluding carboxylic acids is 2. The highest BCUT2D eigenvalue weighted by Gasteiger charge is 2.42. The molecule has 0 spiro atoms. The molecule has 1 aromatic rings. The fraction of sp³-hybridized carbons (Fsp3) is 0.467. The molecule has 0 aliphatic heterocycles. The van der Waals surface area contributed by atoms with E-state index < -0.39 is 4.75 Å². The van der Waals surface area contributed by atoms with Crippen LogP contribution in [0.4, 0.5) is 0 Å². The molecule has 1 saturated carbocycles. The zero-order valence-corrected chi connectivity index (χ0v) is 11.9. The van der Waals surface area contributed by atoms with Crippen LogP contribution >= 0.6 is 11.8 Å². The van der Waals surface area contributed by atoms with Gasteiger partial charge in [-0.1, -0.05) is 18.2 Å². The number of methoxy groups -OCH3 is 1. The van der Waals surface area contributed by atoms with Crippen molar-refractivity contribution in [1.82, 2.24) is 0 Å². The van der Waals surface area contributed by atoms with Crippen LogP contribution < -0.4 is 0 Å². The summed E-state index contributed by atoms with van der Waals surface area (Å²) in [6.45, 7) is 0. The molecule has 3 nitrogen and oxygen atoms in total. The van der Waals surface area contributed by atoms with E-state index in [9.17, 15) is 9.59 Å². The van der Waals surface area contributed by atoms with Crippen LogP contribution in [0.2, 0.25) is 0 Å². The highest BCUT2D eigenvalue weighted by atomic mass is 32.2. The molecular formula is C15H18O3S. The number of benzene rings is 1. The number of rotatable bonds is 5. The van der Waals surface area contributed by atoms with Crippen molar-refractivity contribution < 1.29 is 14.3 Å². The predicted molar refractivity (Wildman–Crippen MR) is 75.1 cm³/mol. The SMILES string of the molecule is COC(=O)CC[C@@]1(Sc2ccccc2)CCCC1=O. The van der Waals surface area contributed by atoms with Crippen molar-refractivity contribution in [3.8, 4) is 0 Å². The van der Waals surface area contributed by atoms with E-state index in [1.807, 2.05) is 30.3 Å². The average Bonchev–Trinajstić information content (AvgIpc) is 2.79. The molecule has 0 amide bonds. The molecule has 0 heterocycles. The molecule has 0 N–H and O–H groups in total. The first kappa shape index (κ1) is 14.1. The molecule has 4 heteroatoms. The van der Waals surface area contributed by atoms with Gasteiger partial charge in [0.25, 0.3) is 0 Å². The molecule has 0 saturated heterocycles. The maximum atomic E-state index is 12.2. The van der Waals surface area contributed by atoms with E-state index in [1.54, 1.807) is 11.8 Å². The summed E-state index contributed by atoms with van der Waals surface area (Å²) >= 11 is 1.60. The minimum Gasteiger partial charge on any atom is -0.469 e. The van der Waals surface area contributed by atoms with Crippen LogP contribution in [0.15, 0.2) is 35.2 Å². The van der Waals surface area contributed by atoms with Crippen LogP contribution in [0, 0.1) is 0 Å². The number of ether oxygens (including phenoxy) is 1. The number of hydrogen-bond donors (Lipinski definition) is 0. The average molecular weight is 278 g/mol. The molecule has 102 valence electrons. The quantitative estimate of drug-likeness (QED) is 0.776. The Morgan fingerprint density at radius 3 is 2.68 bits per heavy atom. The summed E-state index contributed by atoms with van der Waals surface area (Å²) in [7, 11) is 1.38. The first-order valence-electron chi connectivity index (χ1n) is 6.50. The number of hydrogen-bond acceptors (Lipinski definition) is 4. The molecule has 1 atom stereocenters. The molecule has 19 heavy (non-hydrogen) atoms. The van der Waals surface area contributed by atoms with Crippen molar-refractivity contribution in [1.29, 1.82) is 0 Å². The fourth-order valence-corrected chi connectivity index (χ4v) is 3.86. The van der Waals surface area contributed by atoms with Gasteiger partial charge in [-0.15, -0.1) is 11.8 Å². The van der Waals surface area contributed by atoms with Crippen LogP contribution in [0.5, 0.6) is 0 Å². The molecule has 1 aliphatic rings. The van der Waals surface area contributed by atoms with E-state index in [-0.39, 0.29) is 11.8 Å². The van der Waals surface area contributed by atoms with Crippen molar-refractivity contribution in [3.05, 3.63) is 30.3 Å². The van der Waals surface area contributed by atoms with E-state index in [4.69, 9.17) is 0 Å². The van der Waals surface area contributed by atoms with E-state index >= 15 is 0 Å². The summed E-state index contributed by atoms with van der Waals surface area (Å²) in [6.07, 6.45) is 3.27. The summed E-state index contributed by atoms with van der Waals surface area (Å²) in [6, 6.07) is 9.92. The number of thioether (sulfide) groups is 1. The summed E-state index contributed by atoms with van der Waals surface area (Å²) in [5.74, 6) is 0.0259. The van der Waals surface area contributed by atoms with Crippen molar-refractivity contribution >= 4 is 23.5 Å². The van der Waals surface area contributed by atoms with Gasteiger partial charge in [-0.3, -0.25) is 9.59 Å². The van der Waals surface area contributed by atoms with Crippen LogP contribution in [0.25, 0.3) is 0 Å². The Kier molecular flexibility index (Phi) is 4.64. The number of Topliss-reactive ketones (excluding diaryl/α,β-unsaturated/α-hetero) is 1. The second kappa shape index (κ2) is 6.24. The lowest BCUT2D eigenvalue weighted by Crippen LogP contribution is -2.30. The molecule has 2 rings (SSSR count). The van der Waals surface area contributed by atoms with Gasteiger partial charge >= 0.3 is 5.97 Å². The van der Waals surface area contributed by atoms with E-state index in [0.717, 1.165) is 17.7 Å². The highest BCUT2D eigenvalue weighted by molar-refractivity contribution is 8.01. The predicted octanol–water partition coefficient (Wildman–Crippen LogP) is 3.22. The second-order valence-electron chi connectivity index (χ2n) is 4.76. The van der Waals surface area contributed by atoms with Crippen LogP contribution in [-0.2, 0) is 14.3 Å². The van der Waals surface area contributed by atoms with Gasteiger partial charge in [-0.05, 0) is 31.4 Å². The smallest absolute Gasteiger partial charge is 0.305 e. The van der Waals surface area contributed by atoms with Crippen molar-refractivity contribution in [2.24, 2.45) is 0 Å². The monoisotopic (exact) mass is 278 g/mol. The largest absolute Gasteiger partial charge is 0.469 e. The van der Waals surface area contributed by atoms with Gasteiger partial charge in [-0.25, -0.2) is 0 Å². The molecule has 0 unspecified atom stereocenters. The number of carbonyl (C=O) groups is 2. The van der Waals surface area contributed by atoms with Crippen LogP contribution in [0.1, 0.15) is 32.1 Å². The van der Waals surface area contributed by atoms with Crippen molar-refractivity contribution in [2.45, 2.75) is 41.7 Å². The second-order valence-corrected chi connectivity index (χ2v) is 6.22. The molecule has 0 radical (unpaired) electrons. The zero-order valence-electron chi connectivity index (χ0n) is 11.1. The Bertz CT molecular complexity index is 458. The minimum absolute atomic E-state index is 0.243. The molecule has 1 fully saturated rings. The summed E-state index contributed by atoms with van der Waals surface area (Å²) < 4.78 is 4.25. The Balaban J connectivity index is 2.11. The topological polar surface area (TPSA) is 43.4 Å². The lowest BCUT2D eigenvalue weighted by molar-refractivity contribution is -0.140. The third kappa shape index (κ3) is 3.38. The fourth-order valence-electron chi connectivity index (χ4n) is 2.45. The van der Waals surface area contributed by atoms with Crippen molar-refractivity contribution in [2.75, 3.05) is 7.11 Å². The van der Waals surface area contributed by atoms with E-state index in [1.165, 1.54) is 7.11 Å². The summed E-state index contributed by atoms with van der Waals surface area (Å²) in [4.78, 5) is 24.6. The van der Waals surface area contributed by atoms with Crippen LogP contribution in [0.3, 0.4) is 0 Å². The minimum atomic E-state index is -0.435. The first-order chi connectivity index (χ1) is 9.16. The molecular weight excluding hydrogens is 260 g/mol. The van der Waals surface area contributed by atoms with Gasteiger partial charge in [0, 0.05) is 17.7 Å². The maximum Gasteiger partial charge on any atom is 0.305 e. The van der Waals surface area contributed by atoms with Gasteiger partial charge in [0.2, 0.25) is 0 Å². The summed E-state index contributed by atoms with van der Waals surface area (Å²) in [5.41, 5.74) is 0. The van der Waals surface area contributed by atoms with Gasteiger partial charge < -0.3 is 4.74 Å². The van der Waals surface area contributed by atoms with Gasteiger partial charge in [0.05, 0.1) is 11.9 Å². The maximum absolute atomic E-state index is 12.2. The first-order valence-corrected chi connectivity index (χ1v) is 7.32. The molecule has 0 bridgehead atoms. The Labute approximate surface area is 117 Å². The van der Waals surface area contributed by atoms with Gasteiger partial charge in [0.15, 0.2) is 0 Å². The summed E-state index contributed by atoms with van der Waals surface area (Å²) in [5, 5.41) is 0. The molecule has 0 aromatic heterocycles. The van der Waals surface area contributed by atoms with Gasteiger partial charge in [-0.2, -0.15) is 0 Å². The lowest BCUT2D eigenvalue weighted by atomic mass is 9.99. The Morgan fingerprint density at radius 1 is 1.37 bits per heavy atom. The van der Waals surface area contributed by atoms with Crippen molar-refractivity contribution in [3.63, 3.8) is 0 Å². The molecule has 1 aromatic carbocycles. The van der Waals surface area contributed by atoms with Crippen LogP contribution in [-0.4, -0.2) is 23.6 Å². The lowest BCUT2D eigenvalue weighted by Gasteiger charge is -2.26. The molecule has 1 aliphatic carbocycles. The standard InChI is InChI=1S/C15H18O3S/c1-18-14(17)9-11-15(10-5-8-13(15)16)19-12-6-3-2-4-7-12/h2-4,6-7H,5,8-11H2,1H3/t15-/m0/s1. The Morgan fingerprint density at radius 2 is 2.11 bits per heavy atom. The zero-order chi connectivity index (χ0) is 13.7. The third-order valence-electron chi connectivity index (χ3n) is 3.51. The number of ketones is 1. The third-order valence-corrected chi connectivity index (χ3v) is 5.04. The van der Waals surface area contributed by atoms with Gasteiger partial charge in [0.1, 0.15) is 5.78 Å². The number of esters is 1. The van der Waals surface area contributed by atoms with E-state index in [2.05, 4.69) is 4.74 Å². The van der Waals surface area contributed by atoms with E-state index in [0.29, 0.717) is 19.3 Å². The Hall–Kier alpha value is -1.29.